The number of methoxy groups -OCH3 is 2. The highest BCUT2D eigenvalue weighted by Crippen LogP contribution is 2.30. The average Bonchev–Trinajstić information content (AvgIpc) is 2.81. The van der Waals surface area contributed by atoms with Gasteiger partial charge in [-0.05, 0) is 5.92 Å². The van der Waals surface area contributed by atoms with Gasteiger partial charge in [-0.3, -0.25) is 10.1 Å². The van der Waals surface area contributed by atoms with Crippen LogP contribution in [0.15, 0.2) is 0 Å². The first kappa shape index (κ1) is 16.7. The molecule has 0 saturated carbocycles. The Balaban J connectivity index is 2.79. The maximum Gasteiger partial charge on any atom is 0.323 e. The number of anilines is 1. The van der Waals surface area contributed by atoms with Crippen molar-refractivity contribution in [3.63, 3.8) is 0 Å². The number of carbonyl (C=O) groups is 1. The Morgan fingerprint density at radius 3 is 2.50 bits per heavy atom. The van der Waals surface area contributed by atoms with Gasteiger partial charge >= 0.3 is 5.97 Å². The van der Waals surface area contributed by atoms with Crippen LogP contribution < -0.4 is 15.0 Å². The maximum absolute atomic E-state index is 11.7. The molecule has 6 nitrogen and oxygen atoms in total. The highest BCUT2D eigenvalue weighted by molar-refractivity contribution is 7.15. The molecule has 1 aromatic heterocycles. The van der Waals surface area contributed by atoms with Gasteiger partial charge < -0.3 is 14.4 Å². The van der Waals surface area contributed by atoms with Crippen LogP contribution in [0.1, 0.15) is 18.7 Å². The smallest absolute Gasteiger partial charge is 0.323 e. The van der Waals surface area contributed by atoms with Gasteiger partial charge in [0, 0.05) is 20.6 Å². The van der Waals surface area contributed by atoms with Crippen LogP contribution >= 0.6 is 11.3 Å². The van der Waals surface area contributed by atoms with Gasteiger partial charge in [-0.2, -0.15) is 4.98 Å². The van der Waals surface area contributed by atoms with Crippen molar-refractivity contribution in [3.05, 3.63) is 4.88 Å². The molecule has 0 aliphatic heterocycles. The number of aromatic nitrogens is 1. The molecule has 1 N–H and O–H groups in total. The first-order valence-corrected chi connectivity index (χ1v) is 7.24. The number of esters is 1. The molecule has 0 radical (unpaired) electrons. The highest BCUT2D eigenvalue weighted by atomic mass is 32.1. The van der Waals surface area contributed by atoms with Crippen LogP contribution in [0.3, 0.4) is 0 Å². The molecule has 0 aromatic carbocycles. The molecular weight excluding hydrogens is 278 g/mol. The maximum atomic E-state index is 11.7. The molecule has 0 unspecified atom stereocenters. The summed E-state index contributed by atoms with van der Waals surface area (Å²) >= 11 is 1.54. The van der Waals surface area contributed by atoms with Gasteiger partial charge in [0.2, 0.25) is 5.88 Å². The predicted molar refractivity (Wildman–Crippen MR) is 80.5 cm³/mol. The minimum absolute atomic E-state index is 0.148. The average molecular weight is 301 g/mol. The predicted octanol–water partition coefficient (Wildman–Crippen LogP) is 1.50. The van der Waals surface area contributed by atoms with Gasteiger partial charge in [0.1, 0.15) is 6.04 Å². The van der Waals surface area contributed by atoms with Crippen LogP contribution in [-0.4, -0.2) is 45.3 Å². The number of nitrogens with one attached hydrogen (secondary N) is 1. The first-order chi connectivity index (χ1) is 9.40. The van der Waals surface area contributed by atoms with E-state index in [9.17, 15) is 4.79 Å². The Morgan fingerprint density at radius 2 is 2.05 bits per heavy atom. The van der Waals surface area contributed by atoms with Crippen molar-refractivity contribution < 1.29 is 14.3 Å². The second-order valence-electron chi connectivity index (χ2n) is 4.95. The molecule has 114 valence electrons. The van der Waals surface area contributed by atoms with Crippen molar-refractivity contribution in [2.75, 3.05) is 33.2 Å². The van der Waals surface area contributed by atoms with Crippen molar-refractivity contribution in [3.8, 4) is 5.88 Å². The number of carbonyl (C=O) groups excluding carboxylic acids is 1. The van der Waals surface area contributed by atoms with Crippen LogP contribution in [0.25, 0.3) is 0 Å². The summed E-state index contributed by atoms with van der Waals surface area (Å²) in [4.78, 5) is 19.0. The molecule has 7 heteroatoms. The number of thiazole rings is 1. The van der Waals surface area contributed by atoms with Gasteiger partial charge in [-0.15, -0.1) is 0 Å². The van der Waals surface area contributed by atoms with Crippen molar-refractivity contribution in [2.45, 2.75) is 26.4 Å². The topological polar surface area (TPSA) is 63.7 Å². The third kappa shape index (κ3) is 4.08. The number of nitrogens with zero attached hydrogens (tertiary/aromatic N) is 2. The lowest BCUT2D eigenvalue weighted by Gasteiger charge is -2.19. The van der Waals surface area contributed by atoms with Crippen LogP contribution in [0, 0.1) is 5.92 Å². The number of rotatable bonds is 7. The zero-order valence-electron chi connectivity index (χ0n) is 12.9. The molecule has 1 atom stereocenters. The molecule has 0 amide bonds. The molecule has 20 heavy (non-hydrogen) atoms. The van der Waals surface area contributed by atoms with Crippen LogP contribution in [-0.2, 0) is 16.1 Å². The van der Waals surface area contributed by atoms with Crippen molar-refractivity contribution in [1.29, 1.82) is 0 Å². The second-order valence-corrected chi connectivity index (χ2v) is 6.01. The number of hydrogen-bond acceptors (Lipinski definition) is 7. The van der Waals surface area contributed by atoms with Gasteiger partial charge in [-0.25, -0.2) is 0 Å². The van der Waals surface area contributed by atoms with E-state index < -0.39 is 0 Å². The normalized spacial score (nSPS) is 12.3. The van der Waals surface area contributed by atoms with Crippen LogP contribution in [0.4, 0.5) is 5.13 Å². The lowest BCUT2D eigenvalue weighted by atomic mass is 10.0. The lowest BCUT2D eigenvalue weighted by Crippen LogP contribution is -2.41. The third-order valence-electron chi connectivity index (χ3n) is 2.83. The molecule has 0 fully saturated rings. The van der Waals surface area contributed by atoms with E-state index in [2.05, 4.69) is 10.3 Å². The Bertz CT molecular complexity index is 446. The quantitative estimate of drug-likeness (QED) is 0.770. The second kappa shape index (κ2) is 7.44. The molecule has 1 aromatic rings. The zero-order chi connectivity index (χ0) is 15.3. The van der Waals surface area contributed by atoms with E-state index in [-0.39, 0.29) is 17.9 Å². The summed E-state index contributed by atoms with van der Waals surface area (Å²) < 4.78 is 10.1. The van der Waals surface area contributed by atoms with Gasteiger partial charge in [0.15, 0.2) is 5.13 Å². The Hall–Kier alpha value is -1.34. The first-order valence-electron chi connectivity index (χ1n) is 6.42. The molecule has 0 bridgehead atoms. The molecule has 1 rings (SSSR count). The van der Waals surface area contributed by atoms with Gasteiger partial charge in [-0.1, -0.05) is 25.2 Å². The van der Waals surface area contributed by atoms with Crippen LogP contribution in [0.5, 0.6) is 5.88 Å². The number of hydrogen-bond donors (Lipinski definition) is 1. The Kier molecular flexibility index (Phi) is 6.22. The SMILES string of the molecule is COC(=O)[C@@H](NCc1sc(N(C)C)nc1OC)C(C)C. The van der Waals surface area contributed by atoms with E-state index in [1.165, 1.54) is 7.11 Å². The fraction of sp³-hybridized carbons (Fsp3) is 0.692. The van der Waals surface area contributed by atoms with E-state index >= 15 is 0 Å². The molecule has 0 spiro atoms. The van der Waals surface area contributed by atoms with E-state index in [1.807, 2.05) is 32.8 Å². The van der Waals surface area contributed by atoms with Crippen molar-refractivity contribution in [2.24, 2.45) is 5.92 Å². The molecular formula is C13H23N3O3S. The van der Waals surface area contributed by atoms with E-state index in [1.54, 1.807) is 18.4 Å². The molecule has 0 aliphatic rings. The minimum atomic E-state index is -0.338. The summed E-state index contributed by atoms with van der Waals surface area (Å²) in [6.45, 7) is 4.47. The summed E-state index contributed by atoms with van der Waals surface area (Å²) in [5, 5.41) is 4.08. The number of ether oxygens (including phenoxy) is 2. The summed E-state index contributed by atoms with van der Waals surface area (Å²) in [6.07, 6.45) is 0. The summed E-state index contributed by atoms with van der Waals surface area (Å²) in [5.41, 5.74) is 0. The van der Waals surface area contributed by atoms with Gasteiger partial charge in [0.25, 0.3) is 0 Å². The third-order valence-corrected chi connectivity index (χ3v) is 4.03. The summed E-state index contributed by atoms with van der Waals surface area (Å²) in [6, 6.07) is -0.338. The van der Waals surface area contributed by atoms with E-state index in [0.29, 0.717) is 12.4 Å². The van der Waals surface area contributed by atoms with Crippen molar-refractivity contribution >= 4 is 22.4 Å². The zero-order valence-corrected chi connectivity index (χ0v) is 13.7. The lowest BCUT2D eigenvalue weighted by molar-refractivity contribution is -0.144. The molecule has 0 saturated heterocycles. The summed E-state index contributed by atoms with van der Waals surface area (Å²) in [7, 11) is 6.86. The minimum Gasteiger partial charge on any atom is -0.480 e. The fourth-order valence-electron chi connectivity index (χ4n) is 1.71. The molecule has 0 aliphatic carbocycles. The largest absolute Gasteiger partial charge is 0.480 e. The van der Waals surface area contributed by atoms with Gasteiger partial charge in [0.05, 0.1) is 19.1 Å². The summed E-state index contributed by atoms with van der Waals surface area (Å²) in [5.74, 6) is 0.490. The fourth-order valence-corrected chi connectivity index (χ4v) is 2.61. The monoisotopic (exact) mass is 301 g/mol. The van der Waals surface area contributed by atoms with Crippen molar-refractivity contribution in [1.82, 2.24) is 10.3 Å². The Labute approximate surface area is 124 Å². The standard InChI is InChI=1S/C13H23N3O3S/c1-8(2)10(12(17)19-6)14-7-9-11(18-5)15-13(20-9)16(3)4/h8,10,14H,7H2,1-6H3/t10-/m0/s1. The van der Waals surface area contributed by atoms with E-state index in [0.717, 1.165) is 10.0 Å². The Morgan fingerprint density at radius 1 is 1.40 bits per heavy atom. The van der Waals surface area contributed by atoms with Crippen LogP contribution in [0.2, 0.25) is 0 Å². The van der Waals surface area contributed by atoms with E-state index in [4.69, 9.17) is 9.47 Å². The highest BCUT2D eigenvalue weighted by Gasteiger charge is 2.23. The molecule has 1 heterocycles.